The van der Waals surface area contributed by atoms with Crippen molar-refractivity contribution in [1.82, 2.24) is 10.2 Å². The highest BCUT2D eigenvalue weighted by Crippen LogP contribution is 2.21. The van der Waals surface area contributed by atoms with E-state index in [0.29, 0.717) is 18.7 Å². The average molecular weight is 619 g/mol. The van der Waals surface area contributed by atoms with Crippen LogP contribution in [-0.4, -0.2) is 50.5 Å². The predicted molar refractivity (Wildman–Crippen MR) is 155 cm³/mol. The second kappa shape index (κ2) is 14.2. The minimum atomic E-state index is -3.66. The van der Waals surface area contributed by atoms with Gasteiger partial charge in [0.1, 0.15) is 11.9 Å². The number of benzene rings is 3. The molecule has 0 spiro atoms. The van der Waals surface area contributed by atoms with Crippen molar-refractivity contribution >= 4 is 43.5 Å². The number of nitrogens with zero attached hydrogens (tertiary/aromatic N) is 2. The summed E-state index contributed by atoms with van der Waals surface area (Å²) in [4.78, 5) is 28.5. The monoisotopic (exact) mass is 617 g/mol. The van der Waals surface area contributed by atoms with E-state index in [9.17, 15) is 22.4 Å². The summed E-state index contributed by atoms with van der Waals surface area (Å²) in [7, 11) is -3.66. The minimum absolute atomic E-state index is 0.0223. The quantitative estimate of drug-likeness (QED) is 0.295. The third-order valence-corrected chi connectivity index (χ3v) is 7.88. The maximum atomic E-state index is 13.7. The van der Waals surface area contributed by atoms with Gasteiger partial charge in [0.2, 0.25) is 21.8 Å². The summed E-state index contributed by atoms with van der Waals surface area (Å²) in [6.45, 7) is 2.50. The Kier molecular flexibility index (Phi) is 11.1. The Labute approximate surface area is 238 Å². The van der Waals surface area contributed by atoms with Crippen LogP contribution in [0.2, 0.25) is 0 Å². The van der Waals surface area contributed by atoms with Crippen LogP contribution in [0.25, 0.3) is 0 Å². The summed E-state index contributed by atoms with van der Waals surface area (Å²) in [5, 5.41) is 2.86. The molecular formula is C29H33BrFN3O4S. The van der Waals surface area contributed by atoms with Gasteiger partial charge in [0.05, 0.1) is 11.9 Å². The van der Waals surface area contributed by atoms with Gasteiger partial charge in [0, 0.05) is 36.9 Å². The molecule has 0 aliphatic rings. The standard InChI is InChI=1S/C29H33BrFN3O4S/c1-3-32-29(36)27(20-22-8-5-4-6-9-22)33(21-23-11-13-24(30)14-12-23)28(35)10-7-19-34(39(2,37)38)26-17-15-25(31)16-18-26/h4-6,8-9,11-18,27H,3,7,10,19-21H2,1-2H3,(H,32,36). The van der Waals surface area contributed by atoms with Gasteiger partial charge in [0.15, 0.2) is 0 Å². The number of rotatable bonds is 13. The number of halogens is 2. The zero-order chi connectivity index (χ0) is 28.4. The van der Waals surface area contributed by atoms with Crippen LogP contribution in [0.5, 0.6) is 0 Å². The Hall–Kier alpha value is -3.24. The molecule has 39 heavy (non-hydrogen) atoms. The van der Waals surface area contributed by atoms with Crippen molar-refractivity contribution in [2.75, 3.05) is 23.7 Å². The van der Waals surface area contributed by atoms with Gasteiger partial charge in [-0.2, -0.15) is 0 Å². The summed E-state index contributed by atoms with van der Waals surface area (Å²) in [6, 6.07) is 21.5. The van der Waals surface area contributed by atoms with E-state index >= 15 is 0 Å². The number of nitrogens with one attached hydrogen (secondary N) is 1. The lowest BCUT2D eigenvalue weighted by molar-refractivity contribution is -0.141. The van der Waals surface area contributed by atoms with Gasteiger partial charge >= 0.3 is 0 Å². The number of sulfonamides is 1. The van der Waals surface area contributed by atoms with Gasteiger partial charge < -0.3 is 10.2 Å². The Bertz CT molecular complexity index is 1340. The highest BCUT2D eigenvalue weighted by atomic mass is 79.9. The van der Waals surface area contributed by atoms with E-state index in [1.165, 1.54) is 24.3 Å². The third-order valence-electron chi connectivity index (χ3n) is 6.16. The molecule has 2 amide bonds. The van der Waals surface area contributed by atoms with Gasteiger partial charge in [-0.3, -0.25) is 13.9 Å². The summed E-state index contributed by atoms with van der Waals surface area (Å²) in [5.41, 5.74) is 2.10. The van der Waals surface area contributed by atoms with Gasteiger partial charge in [-0.15, -0.1) is 0 Å². The Morgan fingerprint density at radius 3 is 2.18 bits per heavy atom. The molecule has 0 radical (unpaired) electrons. The molecule has 208 valence electrons. The number of carbonyl (C=O) groups is 2. The van der Waals surface area contributed by atoms with Crippen LogP contribution in [0.4, 0.5) is 10.1 Å². The number of likely N-dealkylation sites (N-methyl/N-ethyl adjacent to an activating group) is 1. The number of carbonyl (C=O) groups excluding carboxylic acids is 2. The largest absolute Gasteiger partial charge is 0.355 e. The van der Waals surface area contributed by atoms with Crippen LogP contribution in [0, 0.1) is 5.82 Å². The molecular weight excluding hydrogens is 585 g/mol. The van der Waals surface area contributed by atoms with E-state index in [-0.39, 0.29) is 37.7 Å². The Balaban J connectivity index is 1.85. The zero-order valence-electron chi connectivity index (χ0n) is 22.0. The topological polar surface area (TPSA) is 86.8 Å². The zero-order valence-corrected chi connectivity index (χ0v) is 24.4. The van der Waals surface area contributed by atoms with Crippen molar-refractivity contribution in [3.05, 3.63) is 100 Å². The van der Waals surface area contributed by atoms with Gasteiger partial charge in [-0.25, -0.2) is 12.8 Å². The van der Waals surface area contributed by atoms with Gasteiger partial charge in [0.25, 0.3) is 0 Å². The van der Waals surface area contributed by atoms with Crippen LogP contribution in [0.3, 0.4) is 0 Å². The van der Waals surface area contributed by atoms with Crippen LogP contribution < -0.4 is 9.62 Å². The molecule has 0 aromatic heterocycles. The lowest BCUT2D eigenvalue weighted by Crippen LogP contribution is -2.50. The van der Waals surface area contributed by atoms with Gasteiger partial charge in [-0.1, -0.05) is 58.4 Å². The fraction of sp³-hybridized carbons (Fsp3) is 0.310. The number of amides is 2. The second-order valence-electron chi connectivity index (χ2n) is 9.16. The second-order valence-corrected chi connectivity index (χ2v) is 12.0. The molecule has 3 rings (SSSR count). The average Bonchev–Trinajstić information content (AvgIpc) is 2.90. The first kappa shape index (κ1) is 30.3. The summed E-state index contributed by atoms with van der Waals surface area (Å²) in [6.07, 6.45) is 1.64. The molecule has 0 fully saturated rings. The van der Waals surface area contributed by atoms with E-state index in [0.717, 1.165) is 26.2 Å². The molecule has 0 saturated carbocycles. The summed E-state index contributed by atoms with van der Waals surface area (Å²) in [5.74, 6) is -0.991. The fourth-order valence-corrected chi connectivity index (χ4v) is 5.47. The smallest absolute Gasteiger partial charge is 0.243 e. The van der Waals surface area contributed by atoms with Crippen molar-refractivity contribution in [2.24, 2.45) is 0 Å². The first-order valence-corrected chi connectivity index (χ1v) is 15.3. The molecule has 7 nitrogen and oxygen atoms in total. The van der Waals surface area contributed by atoms with E-state index < -0.39 is 21.9 Å². The minimum Gasteiger partial charge on any atom is -0.355 e. The SMILES string of the molecule is CCNC(=O)C(Cc1ccccc1)N(Cc1ccc(Br)cc1)C(=O)CCCN(c1ccc(F)cc1)S(C)(=O)=O. The number of anilines is 1. The maximum Gasteiger partial charge on any atom is 0.243 e. The Morgan fingerprint density at radius 2 is 1.59 bits per heavy atom. The summed E-state index contributed by atoms with van der Waals surface area (Å²) < 4.78 is 40.3. The third kappa shape index (κ3) is 9.18. The molecule has 0 saturated heterocycles. The van der Waals surface area contributed by atoms with E-state index in [4.69, 9.17) is 0 Å². The van der Waals surface area contributed by atoms with Crippen LogP contribution >= 0.6 is 15.9 Å². The van der Waals surface area contributed by atoms with E-state index in [2.05, 4.69) is 21.2 Å². The number of hydrogen-bond acceptors (Lipinski definition) is 4. The molecule has 1 atom stereocenters. The highest BCUT2D eigenvalue weighted by Gasteiger charge is 2.30. The lowest BCUT2D eigenvalue weighted by atomic mass is 10.0. The Morgan fingerprint density at radius 1 is 0.949 bits per heavy atom. The first-order chi connectivity index (χ1) is 18.6. The summed E-state index contributed by atoms with van der Waals surface area (Å²) >= 11 is 3.43. The normalized spacial score (nSPS) is 12.0. The molecule has 0 heterocycles. The fourth-order valence-electron chi connectivity index (χ4n) is 4.24. The molecule has 3 aromatic carbocycles. The van der Waals surface area contributed by atoms with Crippen molar-refractivity contribution in [3.8, 4) is 0 Å². The van der Waals surface area contributed by atoms with Crippen LogP contribution in [-0.2, 0) is 32.6 Å². The highest BCUT2D eigenvalue weighted by molar-refractivity contribution is 9.10. The van der Waals surface area contributed by atoms with Crippen molar-refractivity contribution in [3.63, 3.8) is 0 Å². The maximum absolute atomic E-state index is 13.7. The first-order valence-electron chi connectivity index (χ1n) is 12.7. The molecule has 0 aliphatic carbocycles. The molecule has 1 N–H and O–H groups in total. The van der Waals surface area contributed by atoms with Gasteiger partial charge in [-0.05, 0) is 60.9 Å². The van der Waals surface area contributed by atoms with E-state index in [1.807, 2.05) is 61.5 Å². The molecule has 3 aromatic rings. The van der Waals surface area contributed by atoms with E-state index in [1.54, 1.807) is 4.90 Å². The molecule has 0 bridgehead atoms. The van der Waals surface area contributed by atoms with Crippen LogP contribution in [0.1, 0.15) is 30.9 Å². The number of hydrogen-bond donors (Lipinski definition) is 1. The molecule has 10 heteroatoms. The van der Waals surface area contributed by atoms with Crippen LogP contribution in [0.15, 0.2) is 83.3 Å². The van der Waals surface area contributed by atoms with Crippen molar-refractivity contribution < 1.29 is 22.4 Å². The molecule has 1 unspecified atom stereocenters. The van der Waals surface area contributed by atoms with Crippen molar-refractivity contribution in [1.29, 1.82) is 0 Å². The predicted octanol–water partition coefficient (Wildman–Crippen LogP) is 4.91. The van der Waals surface area contributed by atoms with Crippen molar-refractivity contribution in [2.45, 2.75) is 38.8 Å². The lowest BCUT2D eigenvalue weighted by Gasteiger charge is -2.32. The molecule has 0 aliphatic heterocycles.